The van der Waals surface area contributed by atoms with Crippen molar-refractivity contribution in [3.8, 4) is 0 Å². The Hall–Kier alpha value is -2.10. The van der Waals surface area contributed by atoms with Gasteiger partial charge in [0.25, 0.3) is 5.91 Å². The summed E-state index contributed by atoms with van der Waals surface area (Å²) in [7, 11) is 0. The van der Waals surface area contributed by atoms with Gasteiger partial charge in [-0.3, -0.25) is 15.1 Å². The third kappa shape index (κ3) is 4.10. The van der Waals surface area contributed by atoms with Crippen molar-refractivity contribution in [2.45, 2.75) is 13.3 Å². The standard InChI is InChI=1S/C13H17N3O/c1-2-10-16(13(14)15)12(17)9-8-11-6-4-3-5-7-11/h3-9H,2,10H2,1H3,(H3,14,15). The van der Waals surface area contributed by atoms with Gasteiger partial charge in [-0.25, -0.2) is 0 Å². The van der Waals surface area contributed by atoms with E-state index in [2.05, 4.69) is 0 Å². The number of nitrogens with one attached hydrogen (secondary N) is 1. The summed E-state index contributed by atoms with van der Waals surface area (Å²) in [5.41, 5.74) is 6.29. The number of nitrogens with two attached hydrogens (primary N) is 1. The molecule has 4 nitrogen and oxygen atoms in total. The first kappa shape index (κ1) is 13.0. The Kier molecular flexibility index (Phi) is 4.94. The molecule has 0 heterocycles. The lowest BCUT2D eigenvalue weighted by Gasteiger charge is -2.17. The number of guanidine groups is 1. The molecule has 1 aromatic carbocycles. The second-order valence-corrected chi connectivity index (χ2v) is 3.62. The van der Waals surface area contributed by atoms with E-state index in [0.717, 1.165) is 12.0 Å². The van der Waals surface area contributed by atoms with E-state index >= 15 is 0 Å². The minimum absolute atomic E-state index is 0.213. The number of carbonyl (C=O) groups is 1. The minimum Gasteiger partial charge on any atom is -0.370 e. The molecule has 0 aromatic heterocycles. The molecule has 0 saturated heterocycles. The van der Waals surface area contributed by atoms with Crippen molar-refractivity contribution < 1.29 is 4.79 Å². The lowest BCUT2D eigenvalue weighted by Crippen LogP contribution is -2.40. The molecule has 0 saturated carbocycles. The summed E-state index contributed by atoms with van der Waals surface area (Å²) in [6.07, 6.45) is 3.92. The van der Waals surface area contributed by atoms with Crippen molar-refractivity contribution in [1.82, 2.24) is 4.90 Å². The summed E-state index contributed by atoms with van der Waals surface area (Å²) in [6, 6.07) is 9.53. The van der Waals surface area contributed by atoms with Gasteiger partial charge in [-0.1, -0.05) is 37.3 Å². The highest BCUT2D eigenvalue weighted by Gasteiger charge is 2.11. The zero-order valence-corrected chi connectivity index (χ0v) is 9.89. The van der Waals surface area contributed by atoms with Gasteiger partial charge in [0.15, 0.2) is 5.96 Å². The van der Waals surface area contributed by atoms with Gasteiger partial charge in [-0.2, -0.15) is 0 Å². The molecule has 0 atom stereocenters. The summed E-state index contributed by atoms with van der Waals surface area (Å²) < 4.78 is 0. The maximum absolute atomic E-state index is 11.8. The number of hydrogen-bond donors (Lipinski definition) is 2. The number of amides is 1. The van der Waals surface area contributed by atoms with Crippen molar-refractivity contribution in [2.24, 2.45) is 5.73 Å². The molecule has 3 N–H and O–H groups in total. The fourth-order valence-electron chi connectivity index (χ4n) is 1.39. The van der Waals surface area contributed by atoms with Crippen LogP contribution < -0.4 is 5.73 Å². The highest BCUT2D eigenvalue weighted by Crippen LogP contribution is 2.02. The average molecular weight is 231 g/mol. The van der Waals surface area contributed by atoms with Gasteiger partial charge < -0.3 is 5.73 Å². The van der Waals surface area contributed by atoms with E-state index in [4.69, 9.17) is 11.1 Å². The van der Waals surface area contributed by atoms with Crippen LogP contribution >= 0.6 is 0 Å². The molecule has 1 amide bonds. The molecule has 0 radical (unpaired) electrons. The average Bonchev–Trinajstić information content (AvgIpc) is 2.34. The first-order valence-corrected chi connectivity index (χ1v) is 5.53. The molecule has 0 aliphatic carbocycles. The third-order valence-corrected chi connectivity index (χ3v) is 2.22. The van der Waals surface area contributed by atoms with Gasteiger partial charge >= 0.3 is 0 Å². The molecular weight excluding hydrogens is 214 g/mol. The Morgan fingerprint density at radius 2 is 2.06 bits per heavy atom. The van der Waals surface area contributed by atoms with E-state index in [1.165, 1.54) is 11.0 Å². The van der Waals surface area contributed by atoms with E-state index in [0.29, 0.717) is 6.54 Å². The van der Waals surface area contributed by atoms with Crippen LogP contribution in [0.25, 0.3) is 6.08 Å². The smallest absolute Gasteiger partial charge is 0.253 e. The van der Waals surface area contributed by atoms with Crippen LogP contribution in [0.4, 0.5) is 0 Å². The second kappa shape index (κ2) is 6.48. The zero-order valence-electron chi connectivity index (χ0n) is 9.89. The molecule has 1 aromatic rings. The van der Waals surface area contributed by atoms with Crippen LogP contribution in [0.1, 0.15) is 18.9 Å². The van der Waals surface area contributed by atoms with Crippen molar-refractivity contribution in [1.29, 1.82) is 5.41 Å². The maximum atomic E-state index is 11.8. The Balaban J connectivity index is 2.70. The number of hydrogen-bond acceptors (Lipinski definition) is 2. The van der Waals surface area contributed by atoms with Crippen LogP contribution in [-0.4, -0.2) is 23.3 Å². The van der Waals surface area contributed by atoms with Crippen molar-refractivity contribution in [2.75, 3.05) is 6.54 Å². The van der Waals surface area contributed by atoms with Gasteiger partial charge in [-0.15, -0.1) is 0 Å². The molecule has 0 bridgehead atoms. The summed E-state index contributed by atoms with van der Waals surface area (Å²) in [4.78, 5) is 13.0. The quantitative estimate of drug-likeness (QED) is 0.471. The van der Waals surface area contributed by atoms with Crippen LogP contribution in [0.3, 0.4) is 0 Å². The van der Waals surface area contributed by atoms with Crippen molar-refractivity contribution in [3.05, 3.63) is 42.0 Å². The Morgan fingerprint density at radius 1 is 1.41 bits per heavy atom. The van der Waals surface area contributed by atoms with Gasteiger partial charge in [-0.05, 0) is 18.1 Å². The van der Waals surface area contributed by atoms with Gasteiger partial charge in [0.1, 0.15) is 0 Å². The summed E-state index contributed by atoms with van der Waals surface area (Å²) in [5.74, 6) is -0.474. The fourth-order valence-corrected chi connectivity index (χ4v) is 1.39. The van der Waals surface area contributed by atoms with Crippen LogP contribution in [0.15, 0.2) is 36.4 Å². The number of carbonyl (C=O) groups excluding carboxylic acids is 1. The van der Waals surface area contributed by atoms with E-state index in [1.807, 2.05) is 37.3 Å². The monoisotopic (exact) mass is 231 g/mol. The van der Waals surface area contributed by atoms with Crippen LogP contribution in [0.2, 0.25) is 0 Å². The lowest BCUT2D eigenvalue weighted by molar-refractivity contribution is -0.122. The minimum atomic E-state index is -0.261. The van der Waals surface area contributed by atoms with Crippen LogP contribution in [0, 0.1) is 5.41 Å². The normalized spacial score (nSPS) is 10.4. The van der Waals surface area contributed by atoms with E-state index in [-0.39, 0.29) is 11.9 Å². The predicted octanol–water partition coefficient (Wildman–Crippen LogP) is 1.83. The van der Waals surface area contributed by atoms with Gasteiger partial charge in [0.2, 0.25) is 0 Å². The highest BCUT2D eigenvalue weighted by molar-refractivity contribution is 6.02. The SMILES string of the molecule is CCCN(C(=N)N)C(=O)C=Cc1ccccc1. The summed E-state index contributed by atoms with van der Waals surface area (Å²) in [5, 5.41) is 7.32. The largest absolute Gasteiger partial charge is 0.370 e. The van der Waals surface area contributed by atoms with Gasteiger partial charge in [0.05, 0.1) is 0 Å². The van der Waals surface area contributed by atoms with Gasteiger partial charge in [0, 0.05) is 12.6 Å². The van der Waals surface area contributed by atoms with Crippen molar-refractivity contribution in [3.63, 3.8) is 0 Å². The van der Waals surface area contributed by atoms with Crippen LogP contribution in [0.5, 0.6) is 0 Å². The van der Waals surface area contributed by atoms with Crippen molar-refractivity contribution >= 4 is 17.9 Å². The lowest BCUT2D eigenvalue weighted by atomic mass is 10.2. The highest BCUT2D eigenvalue weighted by atomic mass is 16.2. The molecule has 0 unspecified atom stereocenters. The Morgan fingerprint density at radius 3 is 2.59 bits per heavy atom. The molecule has 0 fully saturated rings. The van der Waals surface area contributed by atoms with E-state index in [9.17, 15) is 4.79 Å². The zero-order chi connectivity index (χ0) is 12.7. The molecule has 1 rings (SSSR count). The van der Waals surface area contributed by atoms with E-state index in [1.54, 1.807) is 6.08 Å². The summed E-state index contributed by atoms with van der Waals surface area (Å²) in [6.45, 7) is 2.40. The first-order chi connectivity index (χ1) is 8.15. The Labute approximate surface area is 101 Å². The van der Waals surface area contributed by atoms with Crippen LogP contribution in [-0.2, 0) is 4.79 Å². The number of benzene rings is 1. The molecule has 4 heteroatoms. The second-order valence-electron chi connectivity index (χ2n) is 3.62. The molecule has 0 aliphatic rings. The first-order valence-electron chi connectivity index (χ1n) is 5.53. The number of rotatable bonds is 4. The molecule has 17 heavy (non-hydrogen) atoms. The third-order valence-electron chi connectivity index (χ3n) is 2.22. The molecular formula is C13H17N3O. The summed E-state index contributed by atoms with van der Waals surface area (Å²) >= 11 is 0. The fraction of sp³-hybridized carbons (Fsp3) is 0.231. The molecule has 90 valence electrons. The van der Waals surface area contributed by atoms with E-state index < -0.39 is 0 Å². The topological polar surface area (TPSA) is 70.2 Å². The Bertz CT molecular complexity index is 412. The maximum Gasteiger partial charge on any atom is 0.253 e. The molecule has 0 spiro atoms. The predicted molar refractivity (Wildman–Crippen MR) is 69.4 cm³/mol. The number of nitrogens with zero attached hydrogens (tertiary/aromatic N) is 1. The molecule has 0 aliphatic heterocycles.